The standard InChI is InChI=1S/C15H10Cl2FN3/c16-9-5-6-14(11(17)7-9)21-8-13(19)15(20-21)10-3-1-2-4-12(10)18/h1-8H,19H2. The molecule has 106 valence electrons. The summed E-state index contributed by atoms with van der Waals surface area (Å²) in [7, 11) is 0. The lowest BCUT2D eigenvalue weighted by Gasteiger charge is -2.04. The number of halogens is 3. The second-order valence-corrected chi connectivity index (χ2v) is 5.30. The van der Waals surface area contributed by atoms with Crippen LogP contribution in [0.5, 0.6) is 0 Å². The molecule has 0 amide bonds. The van der Waals surface area contributed by atoms with Crippen molar-refractivity contribution in [3.05, 3.63) is 64.5 Å². The van der Waals surface area contributed by atoms with Crippen LogP contribution >= 0.6 is 23.2 Å². The number of rotatable bonds is 2. The van der Waals surface area contributed by atoms with E-state index in [2.05, 4.69) is 5.10 Å². The minimum absolute atomic E-state index is 0.346. The molecule has 3 nitrogen and oxygen atoms in total. The quantitative estimate of drug-likeness (QED) is 0.751. The molecule has 0 spiro atoms. The number of hydrogen-bond donors (Lipinski definition) is 1. The predicted octanol–water partition coefficient (Wildman–Crippen LogP) is 4.57. The van der Waals surface area contributed by atoms with Crippen LogP contribution in [-0.4, -0.2) is 9.78 Å². The first-order valence-electron chi connectivity index (χ1n) is 6.12. The van der Waals surface area contributed by atoms with Crippen LogP contribution in [0, 0.1) is 5.82 Å². The Morgan fingerprint density at radius 1 is 1.10 bits per heavy atom. The van der Waals surface area contributed by atoms with E-state index in [-0.39, 0.29) is 5.82 Å². The highest BCUT2D eigenvalue weighted by Crippen LogP contribution is 2.30. The summed E-state index contributed by atoms with van der Waals surface area (Å²) in [6, 6.07) is 11.4. The zero-order chi connectivity index (χ0) is 15.0. The number of nitrogens with zero attached hydrogens (tertiary/aromatic N) is 2. The number of aromatic nitrogens is 2. The fourth-order valence-corrected chi connectivity index (χ4v) is 2.54. The van der Waals surface area contributed by atoms with Gasteiger partial charge in [-0.05, 0) is 30.3 Å². The highest BCUT2D eigenvalue weighted by atomic mass is 35.5. The fraction of sp³-hybridized carbons (Fsp3) is 0. The third-order valence-electron chi connectivity index (χ3n) is 3.03. The molecule has 0 unspecified atom stereocenters. The largest absolute Gasteiger partial charge is 0.396 e. The number of nitrogens with two attached hydrogens (primary N) is 1. The highest BCUT2D eigenvalue weighted by molar-refractivity contribution is 6.35. The molecular formula is C15H10Cl2FN3. The minimum Gasteiger partial charge on any atom is -0.396 e. The third-order valence-corrected chi connectivity index (χ3v) is 3.57. The molecule has 0 aliphatic rings. The van der Waals surface area contributed by atoms with Crippen LogP contribution in [0.4, 0.5) is 10.1 Å². The molecule has 2 N–H and O–H groups in total. The van der Waals surface area contributed by atoms with Gasteiger partial charge in [0, 0.05) is 10.6 Å². The molecular weight excluding hydrogens is 312 g/mol. The van der Waals surface area contributed by atoms with Crippen molar-refractivity contribution in [1.29, 1.82) is 0 Å². The zero-order valence-corrected chi connectivity index (χ0v) is 12.2. The lowest BCUT2D eigenvalue weighted by molar-refractivity contribution is 0.630. The van der Waals surface area contributed by atoms with Crippen molar-refractivity contribution in [2.24, 2.45) is 0 Å². The van der Waals surface area contributed by atoms with Crippen LogP contribution in [0.1, 0.15) is 0 Å². The summed E-state index contributed by atoms with van der Waals surface area (Å²) in [4.78, 5) is 0. The van der Waals surface area contributed by atoms with Gasteiger partial charge in [-0.1, -0.05) is 35.3 Å². The molecule has 0 bridgehead atoms. The number of hydrogen-bond acceptors (Lipinski definition) is 2. The van der Waals surface area contributed by atoms with Gasteiger partial charge < -0.3 is 5.73 Å². The molecule has 0 aliphatic heterocycles. The highest BCUT2D eigenvalue weighted by Gasteiger charge is 2.14. The lowest BCUT2D eigenvalue weighted by Crippen LogP contribution is -1.96. The van der Waals surface area contributed by atoms with Gasteiger partial charge in [-0.3, -0.25) is 0 Å². The Bertz CT molecular complexity index is 814. The zero-order valence-electron chi connectivity index (χ0n) is 10.7. The maximum absolute atomic E-state index is 13.9. The van der Waals surface area contributed by atoms with E-state index in [9.17, 15) is 4.39 Å². The first kappa shape index (κ1) is 13.9. The second-order valence-electron chi connectivity index (χ2n) is 4.45. The first-order chi connectivity index (χ1) is 10.1. The molecule has 3 rings (SSSR count). The number of nitrogen functional groups attached to an aromatic ring is 1. The Labute approximate surface area is 130 Å². The van der Waals surface area contributed by atoms with Gasteiger partial charge >= 0.3 is 0 Å². The summed E-state index contributed by atoms with van der Waals surface area (Å²) < 4.78 is 15.4. The molecule has 0 saturated heterocycles. The summed E-state index contributed by atoms with van der Waals surface area (Å²) >= 11 is 12.0. The molecule has 0 radical (unpaired) electrons. The summed E-state index contributed by atoms with van der Waals surface area (Å²) in [5.74, 6) is -0.378. The smallest absolute Gasteiger partial charge is 0.132 e. The Morgan fingerprint density at radius 2 is 1.86 bits per heavy atom. The van der Waals surface area contributed by atoms with Gasteiger partial charge in [0.25, 0.3) is 0 Å². The Hall–Kier alpha value is -2.04. The molecule has 2 aromatic carbocycles. The first-order valence-corrected chi connectivity index (χ1v) is 6.87. The van der Waals surface area contributed by atoms with Crippen molar-refractivity contribution in [2.45, 2.75) is 0 Å². The van der Waals surface area contributed by atoms with Gasteiger partial charge in [0.15, 0.2) is 0 Å². The second kappa shape index (κ2) is 5.39. The summed E-state index contributed by atoms with van der Waals surface area (Å²) in [6.07, 6.45) is 1.59. The normalized spacial score (nSPS) is 10.8. The predicted molar refractivity (Wildman–Crippen MR) is 83.4 cm³/mol. The molecule has 0 atom stereocenters. The van der Waals surface area contributed by atoms with Gasteiger partial charge in [-0.2, -0.15) is 5.10 Å². The fourth-order valence-electron chi connectivity index (χ4n) is 2.04. The molecule has 0 saturated carbocycles. The maximum atomic E-state index is 13.9. The van der Waals surface area contributed by atoms with E-state index >= 15 is 0 Å². The van der Waals surface area contributed by atoms with E-state index < -0.39 is 0 Å². The van der Waals surface area contributed by atoms with Gasteiger partial charge in [-0.25, -0.2) is 9.07 Å². The van der Waals surface area contributed by atoms with Crippen LogP contribution in [0.3, 0.4) is 0 Å². The molecule has 6 heteroatoms. The Morgan fingerprint density at radius 3 is 2.57 bits per heavy atom. The molecule has 0 aliphatic carbocycles. The van der Waals surface area contributed by atoms with Crippen molar-refractivity contribution < 1.29 is 4.39 Å². The Kier molecular flexibility index (Phi) is 3.57. The van der Waals surface area contributed by atoms with E-state index in [0.717, 1.165) is 0 Å². The number of benzene rings is 2. The molecule has 21 heavy (non-hydrogen) atoms. The van der Waals surface area contributed by atoms with Gasteiger partial charge in [0.2, 0.25) is 0 Å². The average molecular weight is 322 g/mol. The minimum atomic E-state index is -0.378. The van der Waals surface area contributed by atoms with Gasteiger partial charge in [-0.15, -0.1) is 0 Å². The van der Waals surface area contributed by atoms with Crippen LogP contribution in [0.15, 0.2) is 48.7 Å². The average Bonchev–Trinajstić information content (AvgIpc) is 2.81. The van der Waals surface area contributed by atoms with Crippen molar-refractivity contribution >= 4 is 28.9 Å². The SMILES string of the molecule is Nc1cn(-c2ccc(Cl)cc2Cl)nc1-c1ccccc1F. The monoisotopic (exact) mass is 321 g/mol. The van der Waals surface area contributed by atoms with Crippen molar-refractivity contribution in [2.75, 3.05) is 5.73 Å². The topological polar surface area (TPSA) is 43.8 Å². The van der Waals surface area contributed by atoms with Crippen LogP contribution < -0.4 is 5.73 Å². The summed E-state index contributed by atoms with van der Waals surface area (Å²) in [5.41, 5.74) is 7.65. The Balaban J connectivity index is 2.12. The van der Waals surface area contributed by atoms with Crippen molar-refractivity contribution in [3.8, 4) is 16.9 Å². The van der Waals surface area contributed by atoms with Crippen molar-refractivity contribution in [3.63, 3.8) is 0 Å². The van der Waals surface area contributed by atoms with E-state index in [0.29, 0.717) is 32.7 Å². The van der Waals surface area contributed by atoms with E-state index in [1.807, 2.05) is 0 Å². The third kappa shape index (κ3) is 2.60. The van der Waals surface area contributed by atoms with Crippen LogP contribution in [-0.2, 0) is 0 Å². The lowest BCUT2D eigenvalue weighted by atomic mass is 10.1. The molecule has 1 aromatic heterocycles. The van der Waals surface area contributed by atoms with E-state index in [1.54, 1.807) is 42.6 Å². The molecule has 1 heterocycles. The molecule has 0 fully saturated rings. The summed E-state index contributed by atoms with van der Waals surface area (Å²) in [6.45, 7) is 0. The van der Waals surface area contributed by atoms with Crippen LogP contribution in [0.2, 0.25) is 10.0 Å². The van der Waals surface area contributed by atoms with E-state index in [1.165, 1.54) is 10.7 Å². The van der Waals surface area contributed by atoms with Gasteiger partial charge in [0.1, 0.15) is 11.5 Å². The van der Waals surface area contributed by atoms with Crippen LogP contribution in [0.25, 0.3) is 16.9 Å². The number of anilines is 1. The maximum Gasteiger partial charge on any atom is 0.132 e. The van der Waals surface area contributed by atoms with Crippen molar-refractivity contribution in [1.82, 2.24) is 9.78 Å². The van der Waals surface area contributed by atoms with Gasteiger partial charge in [0.05, 0.1) is 22.6 Å². The summed E-state index contributed by atoms with van der Waals surface area (Å²) in [5, 5.41) is 5.29. The van der Waals surface area contributed by atoms with E-state index in [4.69, 9.17) is 28.9 Å². The molecule has 3 aromatic rings.